The number of benzene rings is 1. The van der Waals surface area contributed by atoms with Crippen LogP contribution >= 0.6 is 0 Å². The summed E-state index contributed by atoms with van der Waals surface area (Å²) in [6.07, 6.45) is 1.50. The molecule has 0 unspecified atom stereocenters. The van der Waals surface area contributed by atoms with Crippen LogP contribution in [-0.4, -0.2) is 27.5 Å². The van der Waals surface area contributed by atoms with Crippen LogP contribution < -0.4 is 10.6 Å². The van der Waals surface area contributed by atoms with E-state index in [9.17, 15) is 9.18 Å². The van der Waals surface area contributed by atoms with Crippen molar-refractivity contribution >= 4 is 23.0 Å². The van der Waals surface area contributed by atoms with Gasteiger partial charge in [-0.3, -0.25) is 10.3 Å². The number of hydrogen-bond acceptors (Lipinski definition) is 4. The Morgan fingerprint density at radius 1 is 1.17 bits per heavy atom. The van der Waals surface area contributed by atoms with Crippen LogP contribution in [0.2, 0.25) is 0 Å². The highest BCUT2D eigenvalue weighted by Gasteiger charge is 2.09. The lowest BCUT2D eigenvalue weighted by atomic mass is 10.1. The van der Waals surface area contributed by atoms with Crippen LogP contribution in [0.4, 0.5) is 15.0 Å². The smallest absolute Gasteiger partial charge is 0.320 e. The minimum absolute atomic E-state index is 0.333. The predicted octanol–water partition coefficient (Wildman–Crippen LogP) is 2.97. The van der Waals surface area contributed by atoms with Gasteiger partial charge in [-0.1, -0.05) is 12.1 Å². The normalized spacial score (nSPS) is 10.5. The van der Waals surface area contributed by atoms with Crippen molar-refractivity contribution in [3.8, 4) is 11.3 Å². The molecule has 0 radical (unpaired) electrons. The first kappa shape index (κ1) is 14.8. The third-order valence-electron chi connectivity index (χ3n) is 3.14. The molecule has 0 saturated heterocycles. The minimum atomic E-state index is -0.377. The molecule has 1 aromatic carbocycles. The molecule has 23 heavy (non-hydrogen) atoms. The molecule has 2 N–H and O–H groups in total. The van der Waals surface area contributed by atoms with E-state index in [-0.39, 0.29) is 11.8 Å². The molecule has 2 heterocycles. The highest BCUT2D eigenvalue weighted by Crippen LogP contribution is 2.21. The van der Waals surface area contributed by atoms with Crippen LogP contribution in [0.5, 0.6) is 0 Å². The fourth-order valence-electron chi connectivity index (χ4n) is 2.09. The molecule has 0 aliphatic heterocycles. The van der Waals surface area contributed by atoms with Gasteiger partial charge in [-0.05, 0) is 31.2 Å². The Hall–Kier alpha value is -3.09. The average Bonchev–Trinajstić information content (AvgIpc) is 2.55. The Kier molecular flexibility index (Phi) is 4.09. The van der Waals surface area contributed by atoms with Crippen molar-refractivity contribution in [2.45, 2.75) is 6.92 Å². The van der Waals surface area contributed by atoms with Crippen LogP contribution in [0.1, 0.15) is 6.92 Å². The Bertz CT molecular complexity index is 868. The lowest BCUT2D eigenvalue weighted by Gasteiger charge is -2.07. The molecule has 2 aromatic heterocycles. The second-order valence-electron chi connectivity index (χ2n) is 4.76. The van der Waals surface area contributed by atoms with E-state index in [1.807, 2.05) is 6.92 Å². The first-order valence-electron chi connectivity index (χ1n) is 7.11. The highest BCUT2D eigenvalue weighted by molar-refractivity contribution is 5.89. The van der Waals surface area contributed by atoms with E-state index in [2.05, 4.69) is 25.6 Å². The summed E-state index contributed by atoms with van der Waals surface area (Å²) in [5, 5.41) is 5.21. The molecule has 0 aliphatic rings. The second-order valence-corrected chi connectivity index (χ2v) is 4.76. The van der Waals surface area contributed by atoms with Gasteiger partial charge in [-0.15, -0.1) is 0 Å². The van der Waals surface area contributed by atoms with E-state index in [0.717, 1.165) is 0 Å². The van der Waals surface area contributed by atoms with Crippen LogP contribution in [0.25, 0.3) is 22.4 Å². The number of urea groups is 1. The molecule has 0 atom stereocenters. The molecule has 0 aliphatic carbocycles. The lowest BCUT2D eigenvalue weighted by Crippen LogP contribution is -2.28. The van der Waals surface area contributed by atoms with Gasteiger partial charge in [0.05, 0.1) is 11.9 Å². The Balaban J connectivity index is 1.98. The summed E-state index contributed by atoms with van der Waals surface area (Å²) in [6.45, 7) is 2.33. The van der Waals surface area contributed by atoms with Gasteiger partial charge in [0.2, 0.25) is 0 Å². The maximum atomic E-state index is 13.9. The molecular formula is C16H14FN5O. The summed E-state index contributed by atoms with van der Waals surface area (Å²) in [6, 6.07) is 9.31. The first-order chi connectivity index (χ1) is 11.2. The average molecular weight is 311 g/mol. The number of halogens is 1. The lowest BCUT2D eigenvalue weighted by molar-refractivity contribution is 0.252. The number of carbonyl (C=O) groups is 1. The molecule has 0 spiro atoms. The van der Waals surface area contributed by atoms with Crippen LogP contribution in [0.15, 0.2) is 42.6 Å². The second kappa shape index (κ2) is 6.35. The van der Waals surface area contributed by atoms with Crippen molar-refractivity contribution in [2.24, 2.45) is 0 Å². The quantitative estimate of drug-likeness (QED) is 0.779. The van der Waals surface area contributed by atoms with Gasteiger partial charge in [0.15, 0.2) is 5.65 Å². The zero-order chi connectivity index (χ0) is 16.2. The maximum absolute atomic E-state index is 13.9. The molecule has 116 valence electrons. The molecule has 3 rings (SSSR count). The molecule has 0 saturated carbocycles. The van der Waals surface area contributed by atoms with E-state index in [1.54, 1.807) is 30.3 Å². The van der Waals surface area contributed by atoms with Crippen LogP contribution in [0, 0.1) is 5.82 Å². The third kappa shape index (κ3) is 3.23. The summed E-state index contributed by atoms with van der Waals surface area (Å²) in [5.41, 5.74) is 1.63. The summed E-state index contributed by atoms with van der Waals surface area (Å²) in [7, 11) is 0. The molecule has 0 fully saturated rings. The zero-order valence-electron chi connectivity index (χ0n) is 12.4. The summed E-state index contributed by atoms with van der Waals surface area (Å²) < 4.78 is 13.9. The Labute approximate surface area is 131 Å². The minimum Gasteiger partial charge on any atom is -0.338 e. The monoisotopic (exact) mass is 311 g/mol. The summed E-state index contributed by atoms with van der Waals surface area (Å²) in [5.74, 6) is -0.0267. The molecule has 0 bridgehead atoms. The van der Waals surface area contributed by atoms with E-state index in [4.69, 9.17) is 0 Å². The van der Waals surface area contributed by atoms with Crippen molar-refractivity contribution in [1.82, 2.24) is 20.3 Å². The van der Waals surface area contributed by atoms with Gasteiger partial charge < -0.3 is 5.32 Å². The SMILES string of the molecule is CCNC(=O)Nc1ccc2ncc(-c3ccccc3F)nc2n1. The number of nitrogens with zero attached hydrogens (tertiary/aromatic N) is 3. The maximum Gasteiger partial charge on any atom is 0.320 e. The number of fused-ring (bicyclic) bond motifs is 1. The van der Waals surface area contributed by atoms with Gasteiger partial charge in [-0.25, -0.2) is 19.2 Å². The fraction of sp³-hybridized carbons (Fsp3) is 0.125. The molecule has 2 amide bonds. The van der Waals surface area contributed by atoms with Crippen LogP contribution in [0.3, 0.4) is 0 Å². The van der Waals surface area contributed by atoms with Gasteiger partial charge in [-0.2, -0.15) is 0 Å². The number of pyridine rings is 1. The first-order valence-corrected chi connectivity index (χ1v) is 7.11. The summed E-state index contributed by atoms with van der Waals surface area (Å²) in [4.78, 5) is 24.3. The number of carbonyl (C=O) groups excluding carboxylic acids is 1. The van der Waals surface area contributed by atoms with Crippen molar-refractivity contribution < 1.29 is 9.18 Å². The van der Waals surface area contributed by atoms with Crippen molar-refractivity contribution in [2.75, 3.05) is 11.9 Å². The number of aromatic nitrogens is 3. The fourth-order valence-corrected chi connectivity index (χ4v) is 2.09. The standard InChI is InChI=1S/C16H14FN5O/c1-2-18-16(23)22-14-8-7-12-15(21-14)20-13(9-19-12)10-5-3-4-6-11(10)17/h3-9H,2H2,1H3,(H2,18,20,21,22,23). The van der Waals surface area contributed by atoms with E-state index in [1.165, 1.54) is 12.3 Å². The van der Waals surface area contributed by atoms with E-state index >= 15 is 0 Å². The van der Waals surface area contributed by atoms with E-state index < -0.39 is 0 Å². The third-order valence-corrected chi connectivity index (χ3v) is 3.14. The number of rotatable bonds is 3. The van der Waals surface area contributed by atoms with Gasteiger partial charge in [0.25, 0.3) is 0 Å². The number of amides is 2. The van der Waals surface area contributed by atoms with E-state index in [0.29, 0.717) is 34.8 Å². The molecule has 7 heteroatoms. The molecule has 3 aromatic rings. The highest BCUT2D eigenvalue weighted by atomic mass is 19.1. The largest absolute Gasteiger partial charge is 0.338 e. The number of anilines is 1. The van der Waals surface area contributed by atoms with Gasteiger partial charge in [0, 0.05) is 12.1 Å². The predicted molar refractivity (Wildman–Crippen MR) is 85.4 cm³/mol. The van der Waals surface area contributed by atoms with Gasteiger partial charge >= 0.3 is 6.03 Å². The number of nitrogens with one attached hydrogen (secondary N) is 2. The van der Waals surface area contributed by atoms with Crippen LogP contribution in [-0.2, 0) is 0 Å². The van der Waals surface area contributed by atoms with Crippen molar-refractivity contribution in [3.63, 3.8) is 0 Å². The molecular weight excluding hydrogens is 297 g/mol. The molecule has 6 nitrogen and oxygen atoms in total. The zero-order valence-corrected chi connectivity index (χ0v) is 12.4. The summed E-state index contributed by atoms with van der Waals surface area (Å²) >= 11 is 0. The Morgan fingerprint density at radius 3 is 2.78 bits per heavy atom. The van der Waals surface area contributed by atoms with Crippen molar-refractivity contribution in [3.05, 3.63) is 48.4 Å². The van der Waals surface area contributed by atoms with Crippen molar-refractivity contribution in [1.29, 1.82) is 0 Å². The number of hydrogen-bond donors (Lipinski definition) is 2. The Morgan fingerprint density at radius 2 is 2.00 bits per heavy atom. The topological polar surface area (TPSA) is 79.8 Å². The van der Waals surface area contributed by atoms with Gasteiger partial charge in [0.1, 0.15) is 17.2 Å².